The van der Waals surface area contributed by atoms with Crippen LogP contribution in [0.5, 0.6) is 0 Å². The van der Waals surface area contributed by atoms with E-state index in [4.69, 9.17) is 4.74 Å². The molecule has 0 atom stereocenters. The fourth-order valence-corrected chi connectivity index (χ4v) is 3.51. The Morgan fingerprint density at radius 3 is 2.57 bits per heavy atom. The van der Waals surface area contributed by atoms with Gasteiger partial charge in [-0.1, -0.05) is 26.0 Å². The summed E-state index contributed by atoms with van der Waals surface area (Å²) in [5.74, 6) is 0.0783. The van der Waals surface area contributed by atoms with Crippen molar-refractivity contribution < 1.29 is 14.3 Å². The molecule has 0 radical (unpaired) electrons. The Balaban J connectivity index is 2.46. The predicted octanol–water partition coefficient (Wildman–Crippen LogP) is 4.67. The van der Waals surface area contributed by atoms with Gasteiger partial charge in [-0.3, -0.25) is 9.59 Å². The number of amides is 1. The zero-order valence-electron chi connectivity index (χ0n) is 17.7. The van der Waals surface area contributed by atoms with Crippen molar-refractivity contribution in [3.8, 4) is 0 Å². The van der Waals surface area contributed by atoms with Gasteiger partial charge in [-0.15, -0.1) is 6.58 Å². The number of allylic oxidation sites excluding steroid dienone is 1. The van der Waals surface area contributed by atoms with Crippen LogP contribution in [0.3, 0.4) is 0 Å². The third-order valence-electron chi connectivity index (χ3n) is 5.08. The lowest BCUT2D eigenvalue weighted by Gasteiger charge is -2.22. The average Bonchev–Trinajstić information content (AvgIpc) is 2.94. The lowest BCUT2D eigenvalue weighted by atomic mass is 10.0. The lowest BCUT2D eigenvalue weighted by molar-refractivity contribution is -0.143. The van der Waals surface area contributed by atoms with Crippen molar-refractivity contribution in [2.24, 2.45) is 0 Å². The molecule has 2 rings (SSSR count). The van der Waals surface area contributed by atoms with Crippen molar-refractivity contribution in [2.75, 3.05) is 19.7 Å². The largest absolute Gasteiger partial charge is 0.466 e. The second kappa shape index (κ2) is 9.58. The Labute approximate surface area is 168 Å². The molecule has 0 bridgehead atoms. The summed E-state index contributed by atoms with van der Waals surface area (Å²) in [5.41, 5.74) is 3.92. The number of aromatic nitrogens is 1. The summed E-state index contributed by atoms with van der Waals surface area (Å²) in [6.45, 7) is 15.7. The molecular weight excluding hydrogens is 352 g/mol. The maximum Gasteiger partial charge on any atom is 0.307 e. The highest BCUT2D eigenvalue weighted by molar-refractivity contribution is 6.02. The Kier molecular flexibility index (Phi) is 7.44. The van der Waals surface area contributed by atoms with Gasteiger partial charge in [0.2, 0.25) is 0 Å². The maximum absolute atomic E-state index is 13.4. The second-order valence-corrected chi connectivity index (χ2v) is 7.24. The van der Waals surface area contributed by atoms with Crippen LogP contribution in [0.4, 0.5) is 0 Å². The predicted molar refractivity (Wildman–Crippen MR) is 114 cm³/mol. The number of benzene rings is 1. The zero-order valence-corrected chi connectivity index (χ0v) is 17.7. The Morgan fingerprint density at radius 1 is 1.29 bits per heavy atom. The molecule has 1 aromatic heterocycles. The number of aryl methyl sites for hydroxylation is 1. The van der Waals surface area contributed by atoms with Crippen molar-refractivity contribution in [2.45, 2.75) is 53.5 Å². The molecule has 0 fully saturated rings. The van der Waals surface area contributed by atoms with E-state index in [-0.39, 0.29) is 18.3 Å². The van der Waals surface area contributed by atoms with Crippen molar-refractivity contribution in [1.29, 1.82) is 0 Å². The van der Waals surface area contributed by atoms with Crippen LogP contribution in [-0.4, -0.2) is 41.0 Å². The van der Waals surface area contributed by atoms with E-state index in [0.29, 0.717) is 37.9 Å². The third kappa shape index (κ3) is 4.46. The Hall–Kier alpha value is -2.56. The van der Waals surface area contributed by atoms with E-state index < -0.39 is 0 Å². The summed E-state index contributed by atoms with van der Waals surface area (Å²) in [4.78, 5) is 26.8. The Bertz CT molecular complexity index is 864. The van der Waals surface area contributed by atoms with Crippen molar-refractivity contribution in [1.82, 2.24) is 9.47 Å². The molecule has 0 unspecified atom stereocenters. The van der Waals surface area contributed by atoms with E-state index in [2.05, 4.69) is 38.6 Å². The summed E-state index contributed by atoms with van der Waals surface area (Å²) in [6.07, 6.45) is 2.01. The minimum absolute atomic E-state index is 0.0616. The summed E-state index contributed by atoms with van der Waals surface area (Å²) in [5, 5.41) is 1.10. The first kappa shape index (κ1) is 21.7. The lowest BCUT2D eigenvalue weighted by Crippen LogP contribution is -2.34. The van der Waals surface area contributed by atoms with Gasteiger partial charge in [0.05, 0.1) is 13.0 Å². The number of esters is 1. The summed E-state index contributed by atoms with van der Waals surface area (Å²) >= 11 is 0. The molecule has 5 nitrogen and oxygen atoms in total. The summed E-state index contributed by atoms with van der Waals surface area (Å²) < 4.78 is 7.02. The van der Waals surface area contributed by atoms with Crippen LogP contribution < -0.4 is 0 Å². The van der Waals surface area contributed by atoms with E-state index in [1.54, 1.807) is 17.9 Å². The molecule has 0 aliphatic carbocycles. The normalized spacial score (nSPS) is 11.1. The molecule has 0 spiro atoms. The Morgan fingerprint density at radius 2 is 2.00 bits per heavy atom. The van der Waals surface area contributed by atoms with Crippen LogP contribution >= 0.6 is 0 Å². The number of fused-ring (bicyclic) bond motifs is 1. The molecule has 5 heteroatoms. The number of hydrogen-bond donors (Lipinski definition) is 0. The van der Waals surface area contributed by atoms with Gasteiger partial charge in [-0.05, 0) is 49.9 Å². The minimum Gasteiger partial charge on any atom is -0.466 e. The molecule has 1 amide bonds. The van der Waals surface area contributed by atoms with E-state index in [1.165, 1.54) is 5.56 Å². The van der Waals surface area contributed by atoms with Gasteiger partial charge in [0.1, 0.15) is 5.69 Å². The van der Waals surface area contributed by atoms with E-state index >= 15 is 0 Å². The van der Waals surface area contributed by atoms with Gasteiger partial charge in [-0.2, -0.15) is 0 Å². The molecule has 2 aromatic rings. The van der Waals surface area contributed by atoms with Crippen LogP contribution in [-0.2, 0) is 16.1 Å². The highest BCUT2D eigenvalue weighted by Gasteiger charge is 2.24. The van der Waals surface area contributed by atoms with E-state index in [9.17, 15) is 9.59 Å². The molecule has 28 heavy (non-hydrogen) atoms. The monoisotopic (exact) mass is 384 g/mol. The first-order valence-corrected chi connectivity index (χ1v) is 10.0. The number of carbonyl (C=O) groups is 2. The maximum atomic E-state index is 13.4. The van der Waals surface area contributed by atoms with Gasteiger partial charge < -0.3 is 14.2 Å². The van der Waals surface area contributed by atoms with Crippen LogP contribution in [0.1, 0.15) is 61.6 Å². The van der Waals surface area contributed by atoms with Gasteiger partial charge in [0, 0.05) is 30.5 Å². The highest BCUT2D eigenvalue weighted by atomic mass is 16.5. The fraction of sp³-hybridized carbons (Fsp3) is 0.478. The summed E-state index contributed by atoms with van der Waals surface area (Å²) in [7, 11) is 0. The minimum atomic E-state index is -0.279. The quantitative estimate of drug-likeness (QED) is 0.466. The first-order valence-electron chi connectivity index (χ1n) is 10.0. The standard InChI is InChI=1S/C23H32N2O3/c1-7-13-25-20-11-10-18(16(4)5)15-19(20)17(6)22(25)23(27)24(8-2)14-12-21(26)28-9-3/h7,10-11,15-16H,1,8-9,12-14H2,2-6H3. The molecule has 152 valence electrons. The van der Waals surface area contributed by atoms with E-state index in [1.807, 2.05) is 18.4 Å². The topological polar surface area (TPSA) is 51.5 Å². The molecule has 0 aliphatic rings. The molecule has 1 heterocycles. The van der Waals surface area contributed by atoms with Crippen molar-refractivity contribution >= 4 is 22.8 Å². The number of nitrogens with zero attached hydrogens (tertiary/aromatic N) is 2. The van der Waals surface area contributed by atoms with Crippen LogP contribution in [0.2, 0.25) is 0 Å². The van der Waals surface area contributed by atoms with Crippen LogP contribution in [0.25, 0.3) is 10.9 Å². The molecular formula is C23H32N2O3. The zero-order chi connectivity index (χ0) is 20.8. The van der Waals surface area contributed by atoms with Crippen LogP contribution in [0.15, 0.2) is 30.9 Å². The molecule has 0 saturated carbocycles. The van der Waals surface area contributed by atoms with Gasteiger partial charge in [-0.25, -0.2) is 0 Å². The molecule has 1 aromatic carbocycles. The SMILES string of the molecule is C=CCn1c(C(=O)N(CC)CCC(=O)OCC)c(C)c2cc(C(C)C)ccc21. The van der Waals surface area contributed by atoms with Gasteiger partial charge in [0.25, 0.3) is 5.91 Å². The molecule has 0 aliphatic heterocycles. The van der Waals surface area contributed by atoms with Crippen molar-refractivity contribution in [3.63, 3.8) is 0 Å². The number of hydrogen-bond acceptors (Lipinski definition) is 3. The van der Waals surface area contributed by atoms with Crippen molar-refractivity contribution in [3.05, 3.63) is 47.7 Å². The fourth-order valence-electron chi connectivity index (χ4n) is 3.51. The third-order valence-corrected chi connectivity index (χ3v) is 5.08. The van der Waals surface area contributed by atoms with Gasteiger partial charge >= 0.3 is 5.97 Å². The van der Waals surface area contributed by atoms with Gasteiger partial charge in [0.15, 0.2) is 0 Å². The first-order chi connectivity index (χ1) is 13.3. The average molecular weight is 385 g/mol. The van der Waals surface area contributed by atoms with Crippen LogP contribution in [0, 0.1) is 6.92 Å². The smallest absolute Gasteiger partial charge is 0.307 e. The summed E-state index contributed by atoms with van der Waals surface area (Å²) in [6, 6.07) is 6.39. The second-order valence-electron chi connectivity index (χ2n) is 7.24. The molecule has 0 N–H and O–H groups in total. The number of ether oxygens (including phenoxy) is 1. The number of carbonyl (C=O) groups excluding carboxylic acids is 2. The van der Waals surface area contributed by atoms with E-state index in [0.717, 1.165) is 16.5 Å². The highest BCUT2D eigenvalue weighted by Crippen LogP contribution is 2.30. The number of rotatable bonds is 9. The molecule has 0 saturated heterocycles.